The second kappa shape index (κ2) is 14.9. The predicted molar refractivity (Wildman–Crippen MR) is 177 cm³/mol. The summed E-state index contributed by atoms with van der Waals surface area (Å²) in [5, 5.41) is 6.22. The maximum atomic E-state index is 13.6. The molecule has 244 valence electrons. The lowest BCUT2D eigenvalue weighted by Crippen LogP contribution is -2.46. The van der Waals surface area contributed by atoms with E-state index in [9.17, 15) is 19.2 Å². The first-order valence-corrected chi connectivity index (χ1v) is 16.5. The van der Waals surface area contributed by atoms with Crippen molar-refractivity contribution in [3.63, 3.8) is 0 Å². The van der Waals surface area contributed by atoms with E-state index >= 15 is 0 Å². The Morgan fingerprint density at radius 3 is 2.32 bits per heavy atom. The third-order valence-corrected chi connectivity index (χ3v) is 9.39. The summed E-state index contributed by atoms with van der Waals surface area (Å²) < 4.78 is 11.3. The molecule has 0 radical (unpaired) electrons. The van der Waals surface area contributed by atoms with Gasteiger partial charge in [-0.15, -0.1) is 0 Å². The summed E-state index contributed by atoms with van der Waals surface area (Å²) in [5.74, 6) is -1.61. The second-order valence-electron chi connectivity index (χ2n) is 12.2. The molecule has 6 rings (SSSR count). The topological polar surface area (TPSA) is 114 Å². The van der Waals surface area contributed by atoms with Crippen LogP contribution in [0.15, 0.2) is 84.9 Å². The van der Waals surface area contributed by atoms with Crippen molar-refractivity contribution in [3.8, 4) is 11.1 Å². The number of rotatable bonds is 7. The van der Waals surface area contributed by atoms with Gasteiger partial charge in [0.1, 0.15) is 19.3 Å². The van der Waals surface area contributed by atoms with Crippen molar-refractivity contribution in [1.29, 1.82) is 0 Å². The third-order valence-electron chi connectivity index (χ3n) is 9.14. The molecule has 0 spiro atoms. The number of nitrogens with one attached hydrogen (secondary N) is 2. The number of halogens is 1. The number of nitrogens with zero attached hydrogens (tertiary/aromatic N) is 1. The average Bonchev–Trinajstić information content (AvgIpc) is 3.68. The lowest BCUT2D eigenvalue weighted by molar-refractivity contribution is -0.150. The van der Waals surface area contributed by atoms with Crippen LogP contribution in [0, 0.1) is 5.92 Å². The molecule has 1 aliphatic carbocycles. The molecule has 0 bridgehead atoms. The van der Waals surface area contributed by atoms with Gasteiger partial charge in [-0.1, -0.05) is 84.4 Å². The van der Waals surface area contributed by atoms with Crippen molar-refractivity contribution in [2.75, 3.05) is 19.8 Å². The van der Waals surface area contributed by atoms with Gasteiger partial charge in [0.25, 0.3) is 0 Å². The molecule has 0 unspecified atom stereocenters. The Morgan fingerprint density at radius 1 is 0.915 bits per heavy atom. The number of amides is 3. The standard InChI is InChI=1S/C37H38ClN3O6/c38-26-17-15-24(16-18-26)21-39-34(42)20-25-8-1-6-14-33(36(44)46-22-27-9-7-19-41(27)35(25)43)40-37(45)47-23-32-30-12-4-2-10-28(30)29-11-3-5-13-31(29)32/h1-6,10-13,15-18,25,27,32-33H,7-9,14,19-23H2,(H,39,42)(H,40,45)/b6-1+/t25-,27-,33-/m0/s1. The van der Waals surface area contributed by atoms with Crippen molar-refractivity contribution in [1.82, 2.24) is 15.5 Å². The normalized spacial score (nSPS) is 21.7. The summed E-state index contributed by atoms with van der Waals surface area (Å²) in [6, 6.07) is 22.1. The molecule has 2 N–H and O–H groups in total. The number of esters is 1. The van der Waals surface area contributed by atoms with Crippen molar-refractivity contribution in [2.45, 2.75) is 56.7 Å². The lowest BCUT2D eigenvalue weighted by atomic mass is 9.97. The summed E-state index contributed by atoms with van der Waals surface area (Å²) in [6.07, 6.45) is 4.80. The molecule has 1 saturated heterocycles. The maximum absolute atomic E-state index is 13.6. The zero-order chi connectivity index (χ0) is 32.8. The number of carbonyl (C=O) groups excluding carboxylic acids is 4. The Hall–Kier alpha value is -4.63. The number of hydrogen-bond acceptors (Lipinski definition) is 6. The second-order valence-corrected chi connectivity index (χ2v) is 12.7. The lowest BCUT2D eigenvalue weighted by Gasteiger charge is -2.29. The molecule has 2 heterocycles. The SMILES string of the molecule is O=C(C[C@@H]1C/C=C/C[C@H](NC(=O)OCC2c3ccccc3-c3ccccc32)C(=O)OC[C@@H]2CCCN2C1=O)NCc1ccc(Cl)cc1. The number of hydrogen-bond donors (Lipinski definition) is 2. The number of carbonyl (C=O) groups is 4. The summed E-state index contributed by atoms with van der Waals surface area (Å²) in [6.45, 7) is 1.01. The maximum Gasteiger partial charge on any atom is 0.407 e. The fraction of sp³-hybridized carbons (Fsp3) is 0.351. The zero-order valence-corrected chi connectivity index (χ0v) is 26.8. The van der Waals surface area contributed by atoms with Crippen LogP contribution >= 0.6 is 11.6 Å². The van der Waals surface area contributed by atoms with E-state index in [1.54, 1.807) is 29.2 Å². The van der Waals surface area contributed by atoms with Crippen molar-refractivity contribution in [3.05, 3.63) is 107 Å². The van der Waals surface area contributed by atoms with Crippen LogP contribution in [0.2, 0.25) is 5.02 Å². The Morgan fingerprint density at radius 2 is 1.60 bits per heavy atom. The van der Waals surface area contributed by atoms with Gasteiger partial charge >= 0.3 is 12.1 Å². The smallest absolute Gasteiger partial charge is 0.407 e. The van der Waals surface area contributed by atoms with Gasteiger partial charge < -0.3 is 25.0 Å². The highest BCUT2D eigenvalue weighted by Crippen LogP contribution is 2.44. The molecule has 10 heteroatoms. The molecule has 3 aliphatic rings. The van der Waals surface area contributed by atoms with Crippen LogP contribution in [0.3, 0.4) is 0 Å². The Kier molecular flexibility index (Phi) is 10.2. The summed E-state index contributed by atoms with van der Waals surface area (Å²) >= 11 is 5.96. The van der Waals surface area contributed by atoms with E-state index in [-0.39, 0.29) is 49.8 Å². The third kappa shape index (κ3) is 7.68. The van der Waals surface area contributed by atoms with Gasteiger partial charge in [-0.05, 0) is 65.6 Å². The minimum Gasteiger partial charge on any atom is -0.462 e. The Balaban J connectivity index is 1.09. The van der Waals surface area contributed by atoms with Crippen molar-refractivity contribution >= 4 is 35.5 Å². The van der Waals surface area contributed by atoms with Gasteiger partial charge in [0.2, 0.25) is 11.8 Å². The van der Waals surface area contributed by atoms with Crippen LogP contribution in [-0.4, -0.2) is 60.6 Å². The highest BCUT2D eigenvalue weighted by Gasteiger charge is 2.36. The van der Waals surface area contributed by atoms with Crippen LogP contribution in [-0.2, 0) is 30.4 Å². The molecule has 3 amide bonds. The van der Waals surface area contributed by atoms with Crippen LogP contribution in [0.1, 0.15) is 54.7 Å². The van der Waals surface area contributed by atoms with E-state index in [2.05, 4.69) is 22.8 Å². The first-order chi connectivity index (χ1) is 22.9. The summed E-state index contributed by atoms with van der Waals surface area (Å²) in [7, 11) is 0. The van der Waals surface area contributed by atoms with E-state index in [1.165, 1.54) is 0 Å². The van der Waals surface area contributed by atoms with E-state index in [0.29, 0.717) is 31.0 Å². The molecule has 2 aliphatic heterocycles. The van der Waals surface area contributed by atoms with Gasteiger partial charge in [-0.25, -0.2) is 9.59 Å². The predicted octanol–water partition coefficient (Wildman–Crippen LogP) is 5.75. The van der Waals surface area contributed by atoms with Gasteiger partial charge in [0, 0.05) is 30.5 Å². The zero-order valence-electron chi connectivity index (χ0n) is 26.0. The minimum absolute atomic E-state index is 0.0205. The highest BCUT2D eigenvalue weighted by molar-refractivity contribution is 6.30. The number of cyclic esters (lactones) is 1. The number of ether oxygens (including phenoxy) is 2. The Bertz CT molecular complexity index is 1610. The first-order valence-electron chi connectivity index (χ1n) is 16.1. The van der Waals surface area contributed by atoms with Crippen molar-refractivity contribution in [2.24, 2.45) is 5.92 Å². The molecular weight excluding hydrogens is 618 g/mol. The van der Waals surface area contributed by atoms with Crippen LogP contribution in [0.25, 0.3) is 11.1 Å². The highest BCUT2D eigenvalue weighted by atomic mass is 35.5. The molecule has 9 nitrogen and oxygen atoms in total. The van der Waals surface area contributed by atoms with Crippen molar-refractivity contribution < 1.29 is 28.7 Å². The number of alkyl carbamates (subject to hydrolysis) is 1. The monoisotopic (exact) mass is 655 g/mol. The molecule has 1 fully saturated rings. The largest absolute Gasteiger partial charge is 0.462 e. The van der Waals surface area contributed by atoms with Gasteiger partial charge in [0.05, 0.1) is 12.0 Å². The fourth-order valence-electron chi connectivity index (χ4n) is 6.67. The summed E-state index contributed by atoms with van der Waals surface area (Å²) in [5.41, 5.74) is 5.35. The van der Waals surface area contributed by atoms with E-state index < -0.39 is 24.0 Å². The minimum atomic E-state index is -0.965. The Labute approximate surface area is 279 Å². The van der Waals surface area contributed by atoms with Crippen LogP contribution in [0.5, 0.6) is 0 Å². The van der Waals surface area contributed by atoms with Gasteiger partial charge in [-0.2, -0.15) is 0 Å². The molecule has 3 aromatic carbocycles. The van der Waals surface area contributed by atoms with E-state index in [0.717, 1.165) is 34.2 Å². The number of fused-ring (bicyclic) bond motifs is 4. The first kappa shape index (κ1) is 32.3. The quantitative estimate of drug-likeness (QED) is 0.247. The molecule has 47 heavy (non-hydrogen) atoms. The van der Waals surface area contributed by atoms with Crippen LogP contribution in [0.4, 0.5) is 4.79 Å². The van der Waals surface area contributed by atoms with Gasteiger partial charge in [-0.3, -0.25) is 9.59 Å². The number of benzene rings is 3. The van der Waals surface area contributed by atoms with E-state index in [4.69, 9.17) is 21.1 Å². The fourth-order valence-corrected chi connectivity index (χ4v) is 6.80. The number of allylic oxidation sites excluding steroid dienone is 1. The molecular formula is C37H38ClN3O6. The molecule has 0 aromatic heterocycles. The molecule has 3 aromatic rings. The van der Waals surface area contributed by atoms with Gasteiger partial charge in [0.15, 0.2) is 0 Å². The van der Waals surface area contributed by atoms with Crippen LogP contribution < -0.4 is 10.6 Å². The molecule has 0 saturated carbocycles. The summed E-state index contributed by atoms with van der Waals surface area (Å²) in [4.78, 5) is 54.4. The average molecular weight is 656 g/mol. The molecule has 3 atom stereocenters. The van der Waals surface area contributed by atoms with E-state index in [1.807, 2.05) is 48.5 Å².